The summed E-state index contributed by atoms with van der Waals surface area (Å²) in [6, 6.07) is 0.720. The van der Waals surface area contributed by atoms with Gasteiger partial charge in [-0.05, 0) is 57.2 Å². The SMILES string of the molecule is CC(C)CNCC(C)C(C)N1CCCC(C)C1. The van der Waals surface area contributed by atoms with Gasteiger partial charge in [0, 0.05) is 12.6 Å². The van der Waals surface area contributed by atoms with Gasteiger partial charge < -0.3 is 10.2 Å². The lowest BCUT2D eigenvalue weighted by atomic mass is 9.95. The van der Waals surface area contributed by atoms with E-state index >= 15 is 0 Å². The van der Waals surface area contributed by atoms with Crippen LogP contribution < -0.4 is 5.32 Å². The summed E-state index contributed by atoms with van der Waals surface area (Å²) < 4.78 is 0. The van der Waals surface area contributed by atoms with Crippen LogP contribution in [0.25, 0.3) is 0 Å². The molecule has 1 fully saturated rings. The van der Waals surface area contributed by atoms with Crippen molar-refractivity contribution in [1.29, 1.82) is 0 Å². The van der Waals surface area contributed by atoms with Crippen molar-refractivity contribution in [2.45, 2.75) is 53.5 Å². The molecular formula is C15H32N2. The fourth-order valence-electron chi connectivity index (χ4n) is 2.73. The largest absolute Gasteiger partial charge is 0.316 e. The van der Waals surface area contributed by atoms with E-state index in [1.807, 2.05) is 0 Å². The zero-order valence-electron chi connectivity index (χ0n) is 12.5. The van der Waals surface area contributed by atoms with Crippen LogP contribution in [0.1, 0.15) is 47.5 Å². The van der Waals surface area contributed by atoms with Crippen LogP contribution in [-0.2, 0) is 0 Å². The van der Waals surface area contributed by atoms with Crippen molar-refractivity contribution in [3.8, 4) is 0 Å². The Kier molecular flexibility index (Phi) is 6.50. The fourth-order valence-corrected chi connectivity index (χ4v) is 2.73. The van der Waals surface area contributed by atoms with Crippen molar-refractivity contribution in [3.05, 3.63) is 0 Å². The third-order valence-corrected chi connectivity index (χ3v) is 4.11. The molecule has 1 heterocycles. The van der Waals surface area contributed by atoms with Crippen LogP contribution in [0.3, 0.4) is 0 Å². The smallest absolute Gasteiger partial charge is 0.0105 e. The van der Waals surface area contributed by atoms with Crippen molar-refractivity contribution in [2.75, 3.05) is 26.2 Å². The van der Waals surface area contributed by atoms with Crippen molar-refractivity contribution in [1.82, 2.24) is 10.2 Å². The topological polar surface area (TPSA) is 15.3 Å². The average molecular weight is 240 g/mol. The Morgan fingerprint density at radius 3 is 2.47 bits per heavy atom. The summed E-state index contributed by atoms with van der Waals surface area (Å²) in [5.74, 6) is 2.40. The zero-order chi connectivity index (χ0) is 12.8. The lowest BCUT2D eigenvalue weighted by molar-refractivity contribution is 0.106. The Morgan fingerprint density at radius 1 is 1.18 bits per heavy atom. The zero-order valence-corrected chi connectivity index (χ0v) is 12.5. The summed E-state index contributed by atoms with van der Waals surface area (Å²) in [5.41, 5.74) is 0. The molecule has 2 heteroatoms. The molecule has 1 aliphatic heterocycles. The van der Waals surface area contributed by atoms with Gasteiger partial charge in [0.1, 0.15) is 0 Å². The molecule has 0 saturated carbocycles. The first-order valence-electron chi connectivity index (χ1n) is 7.45. The van der Waals surface area contributed by atoms with E-state index in [1.54, 1.807) is 0 Å². The minimum atomic E-state index is 0.720. The molecular weight excluding hydrogens is 208 g/mol. The summed E-state index contributed by atoms with van der Waals surface area (Å²) in [6.07, 6.45) is 2.81. The highest BCUT2D eigenvalue weighted by atomic mass is 15.2. The monoisotopic (exact) mass is 240 g/mol. The van der Waals surface area contributed by atoms with Crippen LogP contribution in [0.15, 0.2) is 0 Å². The van der Waals surface area contributed by atoms with E-state index in [1.165, 1.54) is 25.9 Å². The molecule has 0 aromatic heterocycles. The van der Waals surface area contributed by atoms with E-state index in [0.29, 0.717) is 0 Å². The second kappa shape index (κ2) is 7.38. The molecule has 1 rings (SSSR count). The van der Waals surface area contributed by atoms with Gasteiger partial charge in [-0.3, -0.25) is 0 Å². The second-order valence-electron chi connectivity index (χ2n) is 6.51. The molecule has 0 amide bonds. The van der Waals surface area contributed by atoms with Crippen LogP contribution in [-0.4, -0.2) is 37.1 Å². The summed E-state index contributed by atoms with van der Waals surface area (Å²) in [4.78, 5) is 2.69. The number of hydrogen-bond donors (Lipinski definition) is 1. The maximum Gasteiger partial charge on any atom is 0.0105 e. The summed E-state index contributed by atoms with van der Waals surface area (Å²) in [7, 11) is 0. The normalized spacial score (nSPS) is 26.1. The van der Waals surface area contributed by atoms with Gasteiger partial charge in [0.25, 0.3) is 0 Å². The number of likely N-dealkylation sites (tertiary alicyclic amines) is 1. The molecule has 102 valence electrons. The van der Waals surface area contributed by atoms with Crippen molar-refractivity contribution in [3.63, 3.8) is 0 Å². The molecule has 0 aromatic carbocycles. The quantitative estimate of drug-likeness (QED) is 0.768. The van der Waals surface area contributed by atoms with E-state index < -0.39 is 0 Å². The maximum absolute atomic E-state index is 3.59. The second-order valence-corrected chi connectivity index (χ2v) is 6.51. The highest BCUT2D eigenvalue weighted by Crippen LogP contribution is 2.20. The predicted octanol–water partition coefficient (Wildman–Crippen LogP) is 2.99. The van der Waals surface area contributed by atoms with E-state index in [9.17, 15) is 0 Å². The highest BCUT2D eigenvalue weighted by molar-refractivity contribution is 4.79. The molecule has 3 unspecified atom stereocenters. The van der Waals surface area contributed by atoms with E-state index in [2.05, 4.69) is 44.8 Å². The predicted molar refractivity (Wildman–Crippen MR) is 76.3 cm³/mol. The molecule has 17 heavy (non-hydrogen) atoms. The average Bonchev–Trinajstić information content (AvgIpc) is 2.27. The maximum atomic E-state index is 3.59. The molecule has 0 aromatic rings. The molecule has 2 nitrogen and oxygen atoms in total. The van der Waals surface area contributed by atoms with Crippen LogP contribution in [0, 0.1) is 17.8 Å². The molecule has 3 atom stereocenters. The Balaban J connectivity index is 2.27. The van der Waals surface area contributed by atoms with Crippen LogP contribution >= 0.6 is 0 Å². The van der Waals surface area contributed by atoms with E-state index in [-0.39, 0.29) is 0 Å². The Labute approximate surface area is 108 Å². The molecule has 0 spiro atoms. The number of piperidine rings is 1. The van der Waals surface area contributed by atoms with Crippen molar-refractivity contribution in [2.24, 2.45) is 17.8 Å². The van der Waals surface area contributed by atoms with Crippen molar-refractivity contribution >= 4 is 0 Å². The van der Waals surface area contributed by atoms with Gasteiger partial charge in [-0.15, -0.1) is 0 Å². The third-order valence-electron chi connectivity index (χ3n) is 4.11. The highest BCUT2D eigenvalue weighted by Gasteiger charge is 2.24. The van der Waals surface area contributed by atoms with Gasteiger partial charge >= 0.3 is 0 Å². The molecule has 0 aliphatic carbocycles. The number of hydrogen-bond acceptors (Lipinski definition) is 2. The lowest BCUT2D eigenvalue weighted by Crippen LogP contribution is -2.46. The van der Waals surface area contributed by atoms with Gasteiger partial charge in [-0.25, -0.2) is 0 Å². The Morgan fingerprint density at radius 2 is 1.88 bits per heavy atom. The minimum Gasteiger partial charge on any atom is -0.316 e. The minimum absolute atomic E-state index is 0.720. The van der Waals surface area contributed by atoms with E-state index in [0.717, 1.165) is 36.9 Å². The summed E-state index contributed by atoms with van der Waals surface area (Å²) in [5, 5.41) is 3.59. The van der Waals surface area contributed by atoms with E-state index in [4.69, 9.17) is 0 Å². The first-order chi connectivity index (χ1) is 8.00. The Hall–Kier alpha value is -0.0800. The lowest BCUT2D eigenvalue weighted by Gasteiger charge is -2.38. The number of nitrogens with one attached hydrogen (secondary N) is 1. The van der Waals surface area contributed by atoms with Gasteiger partial charge in [0.2, 0.25) is 0 Å². The van der Waals surface area contributed by atoms with Gasteiger partial charge in [0.05, 0.1) is 0 Å². The van der Waals surface area contributed by atoms with Gasteiger partial charge in [-0.1, -0.05) is 27.7 Å². The summed E-state index contributed by atoms with van der Waals surface area (Å²) >= 11 is 0. The molecule has 0 radical (unpaired) electrons. The van der Waals surface area contributed by atoms with Crippen LogP contribution in [0.5, 0.6) is 0 Å². The van der Waals surface area contributed by atoms with Crippen LogP contribution in [0.2, 0.25) is 0 Å². The van der Waals surface area contributed by atoms with Gasteiger partial charge in [-0.2, -0.15) is 0 Å². The number of rotatable bonds is 6. The Bertz CT molecular complexity index is 203. The summed E-state index contributed by atoms with van der Waals surface area (Å²) in [6.45, 7) is 16.6. The molecule has 1 N–H and O–H groups in total. The first kappa shape index (κ1) is 15.0. The molecule has 0 bridgehead atoms. The number of nitrogens with zero attached hydrogens (tertiary/aromatic N) is 1. The fraction of sp³-hybridized carbons (Fsp3) is 1.00. The third kappa shape index (κ3) is 5.39. The van der Waals surface area contributed by atoms with Crippen LogP contribution in [0.4, 0.5) is 0 Å². The standard InChI is InChI=1S/C15H32N2/c1-12(2)9-16-10-14(4)15(5)17-8-6-7-13(3)11-17/h12-16H,6-11H2,1-5H3. The molecule has 1 saturated heterocycles. The first-order valence-corrected chi connectivity index (χ1v) is 7.45. The van der Waals surface area contributed by atoms with Crippen molar-refractivity contribution < 1.29 is 0 Å². The molecule has 1 aliphatic rings. The van der Waals surface area contributed by atoms with Gasteiger partial charge in [0.15, 0.2) is 0 Å².